The lowest BCUT2D eigenvalue weighted by Gasteiger charge is -2.29. The summed E-state index contributed by atoms with van der Waals surface area (Å²) in [6, 6.07) is 1.73. The van der Waals surface area contributed by atoms with Crippen LogP contribution in [-0.2, 0) is 20.9 Å². The van der Waals surface area contributed by atoms with Crippen LogP contribution in [0.1, 0.15) is 26.5 Å². The Kier molecular flexibility index (Phi) is 3.77. The van der Waals surface area contributed by atoms with Crippen molar-refractivity contribution >= 4 is 11.8 Å². The van der Waals surface area contributed by atoms with Gasteiger partial charge in [0.15, 0.2) is 5.76 Å². The fourth-order valence-corrected chi connectivity index (χ4v) is 4.46. The van der Waals surface area contributed by atoms with Gasteiger partial charge in [-0.3, -0.25) is 9.59 Å². The average molecular weight is 359 g/mol. The highest BCUT2D eigenvalue weighted by Crippen LogP contribution is 2.52. The van der Waals surface area contributed by atoms with E-state index in [-0.39, 0.29) is 23.3 Å². The predicted molar refractivity (Wildman–Crippen MR) is 92.7 cm³/mol. The first-order valence-electron chi connectivity index (χ1n) is 9.01. The van der Waals surface area contributed by atoms with E-state index < -0.39 is 17.4 Å². The highest BCUT2D eigenvalue weighted by atomic mass is 16.5. The van der Waals surface area contributed by atoms with Crippen molar-refractivity contribution < 1.29 is 18.8 Å². The Bertz CT molecular complexity index is 751. The second kappa shape index (κ2) is 5.67. The maximum Gasteiger partial charge on any atom is 0.230 e. The topological polar surface area (TPSA) is 75.9 Å². The molecule has 0 saturated carbocycles. The molecule has 3 aliphatic rings. The lowest BCUT2D eigenvalue weighted by molar-refractivity contribution is -0.143. The zero-order valence-electron chi connectivity index (χ0n) is 15.6. The Morgan fingerprint density at radius 1 is 1.46 bits per heavy atom. The molecule has 2 saturated heterocycles. The normalized spacial score (nSPS) is 32.4. The van der Waals surface area contributed by atoms with Crippen LogP contribution >= 0.6 is 0 Å². The molecule has 1 spiro atoms. The molecule has 0 aliphatic carbocycles. The molecule has 1 aromatic heterocycles. The molecule has 4 heterocycles. The summed E-state index contributed by atoms with van der Waals surface area (Å²) in [5, 5.41) is 3.67. The molecule has 1 aromatic rings. The Hall–Kier alpha value is -2.15. The molecule has 4 atom stereocenters. The summed E-state index contributed by atoms with van der Waals surface area (Å²) in [7, 11) is 1.72. The van der Waals surface area contributed by atoms with Gasteiger partial charge in [-0.15, -0.1) is 0 Å². The van der Waals surface area contributed by atoms with Crippen LogP contribution in [-0.4, -0.2) is 58.6 Å². The zero-order chi connectivity index (χ0) is 18.7. The lowest BCUT2D eigenvalue weighted by atomic mass is 9.76. The smallest absolute Gasteiger partial charge is 0.230 e. The molecule has 0 radical (unpaired) electrons. The standard InChI is InChI=1S/C19H25N3O4/c1-18(2,3)10-22-11-19-7-5-13(25-19)14(15(19)17(22)24)16(23)21(4)9-12-6-8-20-26-12/h5-8,13-15H,9-11H2,1-4H3/t13-,14-,15-,19-/m0/s1. The van der Waals surface area contributed by atoms with Gasteiger partial charge >= 0.3 is 0 Å². The van der Waals surface area contributed by atoms with Crippen LogP contribution in [0.4, 0.5) is 0 Å². The molecule has 2 bridgehead atoms. The van der Waals surface area contributed by atoms with Crippen molar-refractivity contribution in [3.05, 3.63) is 30.2 Å². The predicted octanol–water partition coefficient (Wildman–Crippen LogP) is 1.46. The maximum atomic E-state index is 13.1. The molecule has 0 aromatic carbocycles. The largest absolute Gasteiger partial charge is 0.360 e. The molecule has 3 aliphatic heterocycles. The van der Waals surface area contributed by atoms with Crippen LogP contribution in [0.5, 0.6) is 0 Å². The summed E-state index contributed by atoms with van der Waals surface area (Å²) in [6.45, 7) is 7.82. The van der Waals surface area contributed by atoms with E-state index in [4.69, 9.17) is 9.26 Å². The Labute approximate surface area is 152 Å². The third-order valence-electron chi connectivity index (χ3n) is 5.39. The molecule has 7 heteroatoms. The molecular formula is C19H25N3O4. The van der Waals surface area contributed by atoms with Crippen molar-refractivity contribution in [1.29, 1.82) is 0 Å². The van der Waals surface area contributed by atoms with E-state index in [1.807, 2.05) is 17.1 Å². The second-order valence-electron chi connectivity index (χ2n) is 8.83. The van der Waals surface area contributed by atoms with E-state index in [2.05, 4.69) is 25.9 Å². The maximum absolute atomic E-state index is 13.1. The minimum atomic E-state index is -0.652. The molecule has 2 fully saturated rings. The minimum Gasteiger partial charge on any atom is -0.360 e. The molecule has 0 unspecified atom stereocenters. The average Bonchev–Trinajstić information content (AvgIpc) is 3.29. The number of aromatic nitrogens is 1. The molecule has 26 heavy (non-hydrogen) atoms. The third kappa shape index (κ3) is 2.65. The Balaban J connectivity index is 1.56. The Morgan fingerprint density at radius 3 is 2.88 bits per heavy atom. The van der Waals surface area contributed by atoms with Gasteiger partial charge in [-0.2, -0.15) is 0 Å². The minimum absolute atomic E-state index is 0.00472. The van der Waals surface area contributed by atoms with Gasteiger partial charge in [0.05, 0.1) is 37.2 Å². The molecule has 4 rings (SSSR count). The van der Waals surface area contributed by atoms with Crippen LogP contribution in [0.3, 0.4) is 0 Å². The van der Waals surface area contributed by atoms with E-state index in [0.29, 0.717) is 25.4 Å². The molecule has 0 N–H and O–H groups in total. The summed E-state index contributed by atoms with van der Waals surface area (Å²) >= 11 is 0. The van der Waals surface area contributed by atoms with E-state index in [1.54, 1.807) is 24.2 Å². The fourth-order valence-electron chi connectivity index (χ4n) is 4.46. The number of carbonyl (C=O) groups is 2. The van der Waals surface area contributed by atoms with Crippen molar-refractivity contribution in [2.75, 3.05) is 20.1 Å². The number of carbonyl (C=O) groups excluding carboxylic acids is 2. The van der Waals surface area contributed by atoms with E-state index in [9.17, 15) is 9.59 Å². The van der Waals surface area contributed by atoms with Crippen LogP contribution in [0.15, 0.2) is 28.9 Å². The molecule has 140 valence electrons. The van der Waals surface area contributed by atoms with Crippen LogP contribution < -0.4 is 0 Å². The lowest BCUT2D eigenvalue weighted by Crippen LogP contribution is -2.44. The van der Waals surface area contributed by atoms with Gasteiger partial charge in [-0.25, -0.2) is 0 Å². The number of rotatable bonds is 4. The van der Waals surface area contributed by atoms with E-state index in [0.717, 1.165) is 0 Å². The van der Waals surface area contributed by atoms with Crippen molar-refractivity contribution in [1.82, 2.24) is 15.0 Å². The summed E-state index contributed by atoms with van der Waals surface area (Å²) < 4.78 is 11.3. The zero-order valence-corrected chi connectivity index (χ0v) is 15.6. The Morgan fingerprint density at radius 2 is 2.23 bits per heavy atom. The number of fused-ring (bicyclic) bond motifs is 1. The summed E-state index contributed by atoms with van der Waals surface area (Å²) in [5.41, 5.74) is -0.657. The summed E-state index contributed by atoms with van der Waals surface area (Å²) in [6.07, 6.45) is 5.15. The highest BCUT2D eigenvalue weighted by Gasteiger charge is 2.67. The SMILES string of the molecule is CN(Cc1ccno1)C(=O)[C@H]1[C@@H]2C=C[C@@]3(CN(CC(C)(C)C)C(=O)[C@H]13)O2. The first-order valence-corrected chi connectivity index (χ1v) is 9.01. The summed E-state index contributed by atoms with van der Waals surface area (Å²) in [5.74, 6) is -0.371. The van der Waals surface area contributed by atoms with E-state index >= 15 is 0 Å². The quantitative estimate of drug-likeness (QED) is 0.761. The van der Waals surface area contributed by atoms with Crippen LogP contribution in [0.2, 0.25) is 0 Å². The van der Waals surface area contributed by atoms with Crippen molar-refractivity contribution in [2.24, 2.45) is 17.3 Å². The number of ether oxygens (including phenoxy) is 1. The monoisotopic (exact) mass is 359 g/mol. The number of likely N-dealkylation sites (tertiary alicyclic amines) is 1. The van der Waals surface area contributed by atoms with Gasteiger partial charge in [-0.05, 0) is 5.41 Å². The van der Waals surface area contributed by atoms with Gasteiger partial charge in [0.1, 0.15) is 5.60 Å². The number of hydrogen-bond donors (Lipinski definition) is 0. The van der Waals surface area contributed by atoms with Gasteiger partial charge < -0.3 is 19.1 Å². The van der Waals surface area contributed by atoms with E-state index in [1.165, 1.54) is 0 Å². The number of amides is 2. The summed E-state index contributed by atoms with van der Waals surface area (Å²) in [4.78, 5) is 29.7. The van der Waals surface area contributed by atoms with Crippen LogP contribution in [0.25, 0.3) is 0 Å². The third-order valence-corrected chi connectivity index (χ3v) is 5.39. The van der Waals surface area contributed by atoms with Gasteiger partial charge in [0, 0.05) is 19.7 Å². The fraction of sp³-hybridized carbons (Fsp3) is 0.632. The van der Waals surface area contributed by atoms with Crippen molar-refractivity contribution in [3.8, 4) is 0 Å². The van der Waals surface area contributed by atoms with Crippen molar-refractivity contribution in [3.63, 3.8) is 0 Å². The first kappa shape index (κ1) is 17.3. The molecule has 2 amide bonds. The van der Waals surface area contributed by atoms with Gasteiger partial charge in [-0.1, -0.05) is 38.1 Å². The second-order valence-corrected chi connectivity index (χ2v) is 8.83. The molecule has 7 nitrogen and oxygen atoms in total. The van der Waals surface area contributed by atoms with Gasteiger partial charge in [0.25, 0.3) is 0 Å². The first-order chi connectivity index (χ1) is 12.2. The molecular weight excluding hydrogens is 334 g/mol. The highest BCUT2D eigenvalue weighted by molar-refractivity contribution is 5.93. The van der Waals surface area contributed by atoms with Crippen molar-refractivity contribution in [2.45, 2.75) is 39.0 Å². The number of hydrogen-bond acceptors (Lipinski definition) is 5. The van der Waals surface area contributed by atoms with Gasteiger partial charge in [0.2, 0.25) is 11.8 Å². The number of nitrogens with zero attached hydrogens (tertiary/aromatic N) is 3. The van der Waals surface area contributed by atoms with Crippen LogP contribution in [0, 0.1) is 17.3 Å².